The molecular weight excluding hydrogens is 276 g/mol. The molecule has 0 fully saturated rings. The van der Waals surface area contributed by atoms with Crippen LogP contribution in [0.25, 0.3) is 0 Å². The van der Waals surface area contributed by atoms with E-state index < -0.39 is 8.80 Å². The van der Waals surface area contributed by atoms with Crippen molar-refractivity contribution in [3.8, 4) is 0 Å². The first-order valence-electron chi connectivity index (χ1n) is 6.85. The van der Waals surface area contributed by atoms with Crippen molar-refractivity contribution in [2.75, 3.05) is 0 Å². The van der Waals surface area contributed by atoms with Gasteiger partial charge >= 0.3 is 0 Å². The van der Waals surface area contributed by atoms with Gasteiger partial charge in [-0.25, -0.2) is 0 Å². The molecule has 1 atom stereocenters. The van der Waals surface area contributed by atoms with Crippen LogP contribution in [0.1, 0.15) is 20.7 Å². The van der Waals surface area contributed by atoms with E-state index in [2.05, 4.69) is 0 Å². The first-order valence-corrected chi connectivity index (χ1v) is 8.67. The topological polar surface area (TPSA) is 34.1 Å². The molecular formula is C18H14O2Si. The molecule has 0 saturated carbocycles. The summed E-state index contributed by atoms with van der Waals surface area (Å²) in [7, 11) is -2.05. The number of allylic oxidation sites excluding steroid dienone is 3. The Hall–Kier alpha value is -2.52. The van der Waals surface area contributed by atoms with Crippen LogP contribution in [0.15, 0.2) is 83.7 Å². The van der Waals surface area contributed by atoms with Crippen molar-refractivity contribution in [1.82, 2.24) is 0 Å². The van der Waals surface area contributed by atoms with E-state index in [1.54, 1.807) is 18.2 Å². The molecule has 0 radical (unpaired) electrons. The van der Waals surface area contributed by atoms with Crippen molar-refractivity contribution in [1.29, 1.82) is 0 Å². The molecule has 3 rings (SSSR count). The monoisotopic (exact) mass is 290 g/mol. The van der Waals surface area contributed by atoms with Crippen LogP contribution in [-0.2, 0) is 0 Å². The van der Waals surface area contributed by atoms with Gasteiger partial charge in [0.25, 0.3) is 0 Å². The van der Waals surface area contributed by atoms with Crippen LogP contribution in [0.5, 0.6) is 0 Å². The molecule has 2 aromatic rings. The summed E-state index contributed by atoms with van der Waals surface area (Å²) >= 11 is 0. The third-order valence-corrected chi connectivity index (χ3v) is 6.18. The van der Waals surface area contributed by atoms with E-state index in [9.17, 15) is 9.59 Å². The molecule has 1 unspecified atom stereocenters. The van der Waals surface area contributed by atoms with Crippen molar-refractivity contribution in [2.45, 2.75) is 0 Å². The number of benzene rings is 2. The van der Waals surface area contributed by atoms with Gasteiger partial charge in [0, 0.05) is 11.1 Å². The average molecular weight is 290 g/mol. The molecule has 0 aliphatic carbocycles. The Morgan fingerprint density at radius 2 is 1.33 bits per heavy atom. The standard InChI is InChI=1S/C18H14O2Si/c19-17(14-8-3-1-4-9-14)16-12-7-13-21(16)18(20)15-10-5-2-6-11-15/h1-13,21H. The molecule has 102 valence electrons. The van der Waals surface area contributed by atoms with Crippen LogP contribution >= 0.6 is 0 Å². The first kappa shape index (κ1) is 13.5. The molecule has 0 saturated heterocycles. The molecule has 21 heavy (non-hydrogen) atoms. The zero-order valence-electron chi connectivity index (χ0n) is 11.4. The van der Waals surface area contributed by atoms with Gasteiger partial charge in [-0.3, -0.25) is 9.59 Å². The number of hydrogen-bond donors (Lipinski definition) is 0. The van der Waals surface area contributed by atoms with Gasteiger partial charge in [-0.1, -0.05) is 78.5 Å². The second kappa shape index (κ2) is 5.85. The number of hydrogen-bond acceptors (Lipinski definition) is 2. The number of Topliss-reactive ketones (excluding diaryl/α,β-unsaturated/α-hetero) is 1. The van der Waals surface area contributed by atoms with Gasteiger partial charge in [-0.05, 0) is 5.20 Å². The third kappa shape index (κ3) is 2.69. The molecule has 1 aliphatic rings. The minimum Gasteiger partial charge on any atom is -0.300 e. The number of ketones is 1. The fourth-order valence-corrected chi connectivity index (χ4v) is 4.78. The maximum atomic E-state index is 12.6. The fourth-order valence-electron chi connectivity index (χ4n) is 2.46. The lowest BCUT2D eigenvalue weighted by molar-refractivity contribution is 0.102. The normalized spacial score (nSPS) is 16.6. The van der Waals surface area contributed by atoms with E-state index in [1.807, 2.05) is 60.3 Å². The summed E-state index contributed by atoms with van der Waals surface area (Å²) in [6.07, 6.45) is 3.64. The Morgan fingerprint density at radius 1 is 0.762 bits per heavy atom. The quantitative estimate of drug-likeness (QED) is 0.640. The molecule has 1 heterocycles. The van der Waals surface area contributed by atoms with E-state index in [4.69, 9.17) is 0 Å². The Kier molecular flexibility index (Phi) is 3.75. The molecule has 2 aromatic carbocycles. The lowest BCUT2D eigenvalue weighted by Crippen LogP contribution is -2.29. The van der Waals surface area contributed by atoms with Crippen LogP contribution in [0, 0.1) is 0 Å². The largest absolute Gasteiger partial charge is 0.300 e. The third-order valence-electron chi connectivity index (χ3n) is 3.55. The van der Waals surface area contributed by atoms with Gasteiger partial charge in [0.1, 0.15) is 5.41 Å². The highest BCUT2D eigenvalue weighted by Gasteiger charge is 2.30. The van der Waals surface area contributed by atoms with E-state index in [1.165, 1.54) is 0 Å². The molecule has 2 nitrogen and oxygen atoms in total. The Morgan fingerprint density at radius 3 is 1.95 bits per heavy atom. The summed E-state index contributed by atoms with van der Waals surface area (Å²) in [6, 6.07) is 18.3. The summed E-state index contributed by atoms with van der Waals surface area (Å²) in [5, 5.41) is 0.773. The predicted molar refractivity (Wildman–Crippen MR) is 85.9 cm³/mol. The Balaban J connectivity index is 1.88. The molecule has 3 heteroatoms. The van der Waals surface area contributed by atoms with Gasteiger partial charge in [-0.15, -0.1) is 0 Å². The lowest BCUT2D eigenvalue weighted by Gasteiger charge is -2.10. The number of carbonyl (C=O) groups excluding carboxylic acids is 2. The average Bonchev–Trinajstić information content (AvgIpc) is 3.04. The van der Waals surface area contributed by atoms with Crippen LogP contribution in [-0.4, -0.2) is 20.0 Å². The lowest BCUT2D eigenvalue weighted by atomic mass is 10.1. The van der Waals surface area contributed by atoms with Gasteiger partial charge in [-0.2, -0.15) is 0 Å². The van der Waals surface area contributed by atoms with Gasteiger partial charge in [0.2, 0.25) is 0 Å². The highest BCUT2D eigenvalue weighted by atomic mass is 28.3. The minimum atomic E-state index is -2.05. The second-order valence-corrected chi connectivity index (χ2v) is 7.40. The van der Waals surface area contributed by atoms with E-state index in [-0.39, 0.29) is 11.2 Å². The second-order valence-electron chi connectivity index (χ2n) is 4.91. The van der Waals surface area contributed by atoms with Crippen LogP contribution < -0.4 is 0 Å². The molecule has 0 spiro atoms. The maximum Gasteiger partial charge on any atom is 0.185 e. The van der Waals surface area contributed by atoms with E-state index in [0.29, 0.717) is 16.3 Å². The Labute approximate surface area is 125 Å². The minimum absolute atomic E-state index is 0.0263. The van der Waals surface area contributed by atoms with Gasteiger partial charge in [0.05, 0.1) is 0 Å². The van der Waals surface area contributed by atoms with Crippen LogP contribution in [0.4, 0.5) is 0 Å². The summed E-state index contributed by atoms with van der Waals surface area (Å²) in [5.41, 5.74) is 3.25. The van der Waals surface area contributed by atoms with Crippen molar-refractivity contribution < 1.29 is 9.59 Å². The van der Waals surface area contributed by atoms with E-state index in [0.717, 1.165) is 0 Å². The summed E-state index contributed by atoms with van der Waals surface area (Å²) in [5.74, 6) is -0.0263. The molecule has 0 N–H and O–H groups in total. The van der Waals surface area contributed by atoms with Gasteiger partial charge in [0.15, 0.2) is 14.6 Å². The maximum absolute atomic E-state index is 12.6. The highest BCUT2D eigenvalue weighted by Crippen LogP contribution is 2.20. The van der Waals surface area contributed by atoms with Crippen molar-refractivity contribution >= 4 is 20.0 Å². The summed E-state index contributed by atoms with van der Waals surface area (Å²) in [6.45, 7) is 0. The smallest absolute Gasteiger partial charge is 0.185 e. The zero-order chi connectivity index (χ0) is 14.7. The SMILES string of the molecule is O=C(C1=CC=C[SiH]1C(=O)c1ccccc1)c1ccccc1. The molecule has 1 aliphatic heterocycles. The first-order chi connectivity index (χ1) is 10.3. The Bertz CT molecular complexity index is 730. The molecule has 0 amide bonds. The van der Waals surface area contributed by atoms with Crippen molar-refractivity contribution in [2.24, 2.45) is 0 Å². The molecule has 0 bridgehead atoms. The van der Waals surface area contributed by atoms with Crippen LogP contribution in [0.3, 0.4) is 0 Å². The number of carbonyl (C=O) groups is 2. The zero-order valence-corrected chi connectivity index (χ0v) is 12.6. The van der Waals surface area contributed by atoms with Gasteiger partial charge < -0.3 is 0 Å². The molecule has 0 aromatic heterocycles. The van der Waals surface area contributed by atoms with Crippen LogP contribution in [0.2, 0.25) is 0 Å². The summed E-state index contributed by atoms with van der Waals surface area (Å²) in [4.78, 5) is 25.2. The fraction of sp³-hybridized carbons (Fsp3) is 0. The van der Waals surface area contributed by atoms with Crippen molar-refractivity contribution in [3.63, 3.8) is 0 Å². The predicted octanol–water partition coefficient (Wildman–Crippen LogP) is 3.09. The van der Waals surface area contributed by atoms with Crippen molar-refractivity contribution in [3.05, 3.63) is 94.8 Å². The number of rotatable bonds is 4. The van der Waals surface area contributed by atoms with E-state index >= 15 is 0 Å². The highest BCUT2D eigenvalue weighted by molar-refractivity contribution is 7.04. The summed E-state index contributed by atoms with van der Waals surface area (Å²) < 4.78 is 0.